The van der Waals surface area contributed by atoms with Gasteiger partial charge in [0.1, 0.15) is 6.04 Å². The molecule has 2 N–H and O–H groups in total. The summed E-state index contributed by atoms with van der Waals surface area (Å²) in [5.74, 6) is 0.455. The first kappa shape index (κ1) is 17.8. The normalized spacial score (nSPS) is 17.0. The van der Waals surface area contributed by atoms with E-state index in [4.69, 9.17) is 14.9 Å². The highest BCUT2D eigenvalue weighted by Crippen LogP contribution is 2.22. The monoisotopic (exact) mass is 345 g/mol. The van der Waals surface area contributed by atoms with E-state index in [0.29, 0.717) is 11.9 Å². The van der Waals surface area contributed by atoms with Crippen LogP contribution in [0.25, 0.3) is 0 Å². The smallest absolute Gasteiger partial charge is 0.318 e. The van der Waals surface area contributed by atoms with Crippen molar-refractivity contribution < 1.29 is 9.15 Å². The summed E-state index contributed by atoms with van der Waals surface area (Å²) in [6.07, 6.45) is 1.07. The molecule has 1 fully saturated rings. The Labute approximate surface area is 148 Å². The molecule has 2 aromatic rings. The van der Waals surface area contributed by atoms with E-state index in [9.17, 15) is 0 Å². The SMILES string of the molecule is CCCOCCN1CCN(c2nnc([C@H](N)c3ccccc3)o2)CC1. The lowest BCUT2D eigenvalue weighted by atomic mass is 10.1. The van der Waals surface area contributed by atoms with Gasteiger partial charge in [-0.1, -0.05) is 42.4 Å². The van der Waals surface area contributed by atoms with Crippen LogP contribution in [0, 0.1) is 0 Å². The number of aromatic nitrogens is 2. The molecule has 2 heterocycles. The van der Waals surface area contributed by atoms with Crippen LogP contribution in [-0.4, -0.2) is 61.0 Å². The van der Waals surface area contributed by atoms with E-state index in [2.05, 4.69) is 26.9 Å². The Morgan fingerprint density at radius 3 is 2.60 bits per heavy atom. The quantitative estimate of drug-likeness (QED) is 0.729. The molecule has 1 aliphatic rings. The van der Waals surface area contributed by atoms with Crippen molar-refractivity contribution in [3.05, 3.63) is 41.8 Å². The summed E-state index contributed by atoms with van der Waals surface area (Å²) in [4.78, 5) is 4.52. The van der Waals surface area contributed by atoms with Gasteiger partial charge in [0.15, 0.2) is 0 Å². The lowest BCUT2D eigenvalue weighted by Gasteiger charge is -2.33. The van der Waals surface area contributed by atoms with Crippen LogP contribution < -0.4 is 10.6 Å². The average Bonchev–Trinajstić information content (AvgIpc) is 3.16. The maximum atomic E-state index is 6.22. The highest BCUT2D eigenvalue weighted by Gasteiger charge is 2.23. The molecule has 0 bridgehead atoms. The molecule has 0 radical (unpaired) electrons. The number of hydrogen-bond donors (Lipinski definition) is 1. The molecule has 0 unspecified atom stereocenters. The summed E-state index contributed by atoms with van der Waals surface area (Å²) in [6, 6.07) is 9.97. The Balaban J connectivity index is 1.50. The summed E-state index contributed by atoms with van der Waals surface area (Å²) < 4.78 is 11.4. The van der Waals surface area contributed by atoms with Crippen LogP contribution in [-0.2, 0) is 4.74 Å². The first-order valence-corrected chi connectivity index (χ1v) is 8.97. The van der Waals surface area contributed by atoms with Crippen molar-refractivity contribution >= 4 is 6.01 Å². The van der Waals surface area contributed by atoms with Crippen LogP contribution >= 0.6 is 0 Å². The largest absolute Gasteiger partial charge is 0.406 e. The highest BCUT2D eigenvalue weighted by atomic mass is 16.5. The second-order valence-corrected chi connectivity index (χ2v) is 6.25. The van der Waals surface area contributed by atoms with Gasteiger partial charge in [0.2, 0.25) is 5.89 Å². The van der Waals surface area contributed by atoms with Gasteiger partial charge < -0.3 is 19.8 Å². The highest BCUT2D eigenvalue weighted by molar-refractivity contribution is 5.28. The van der Waals surface area contributed by atoms with Gasteiger partial charge in [-0.05, 0) is 12.0 Å². The fourth-order valence-electron chi connectivity index (χ4n) is 2.89. The molecule has 25 heavy (non-hydrogen) atoms. The fourth-order valence-corrected chi connectivity index (χ4v) is 2.89. The van der Waals surface area contributed by atoms with E-state index in [1.54, 1.807) is 0 Å². The first-order valence-electron chi connectivity index (χ1n) is 8.97. The minimum absolute atomic E-state index is 0.389. The van der Waals surface area contributed by atoms with Crippen LogP contribution in [0.2, 0.25) is 0 Å². The summed E-state index contributed by atoms with van der Waals surface area (Å²) >= 11 is 0. The summed E-state index contributed by atoms with van der Waals surface area (Å²) in [5, 5.41) is 8.32. The molecule has 0 spiro atoms. The third-order valence-corrected chi connectivity index (χ3v) is 4.40. The molecule has 136 valence electrons. The van der Waals surface area contributed by atoms with E-state index in [-0.39, 0.29) is 6.04 Å². The van der Waals surface area contributed by atoms with Crippen molar-refractivity contribution in [2.24, 2.45) is 5.73 Å². The molecule has 0 aliphatic carbocycles. The molecular weight excluding hydrogens is 318 g/mol. The van der Waals surface area contributed by atoms with Crippen molar-refractivity contribution in [3.63, 3.8) is 0 Å². The maximum absolute atomic E-state index is 6.22. The van der Waals surface area contributed by atoms with Crippen LogP contribution in [0.4, 0.5) is 6.01 Å². The van der Waals surface area contributed by atoms with E-state index in [1.165, 1.54) is 0 Å². The molecule has 7 heteroatoms. The molecule has 7 nitrogen and oxygen atoms in total. The predicted octanol–water partition coefficient (Wildman–Crippen LogP) is 1.67. The van der Waals surface area contributed by atoms with Crippen molar-refractivity contribution in [1.29, 1.82) is 0 Å². The van der Waals surface area contributed by atoms with Gasteiger partial charge in [-0.25, -0.2) is 0 Å². The van der Waals surface area contributed by atoms with E-state index in [1.807, 2.05) is 30.3 Å². The molecule has 0 amide bonds. The van der Waals surface area contributed by atoms with Gasteiger partial charge in [0, 0.05) is 39.3 Å². The number of anilines is 1. The third kappa shape index (κ3) is 4.78. The zero-order valence-corrected chi connectivity index (χ0v) is 14.8. The van der Waals surface area contributed by atoms with Gasteiger partial charge in [-0.15, -0.1) is 5.10 Å². The minimum atomic E-state index is -0.389. The number of nitrogens with two attached hydrogens (primary N) is 1. The molecule has 1 atom stereocenters. The predicted molar refractivity (Wildman–Crippen MR) is 96.5 cm³/mol. The number of rotatable bonds is 8. The second-order valence-electron chi connectivity index (χ2n) is 6.25. The average molecular weight is 345 g/mol. The van der Waals surface area contributed by atoms with Gasteiger partial charge in [-0.3, -0.25) is 4.90 Å². The van der Waals surface area contributed by atoms with Crippen LogP contribution in [0.5, 0.6) is 0 Å². The van der Waals surface area contributed by atoms with Gasteiger partial charge in [-0.2, -0.15) is 0 Å². The van der Waals surface area contributed by atoms with E-state index in [0.717, 1.165) is 57.9 Å². The van der Waals surface area contributed by atoms with Crippen LogP contribution in [0.3, 0.4) is 0 Å². The lowest BCUT2D eigenvalue weighted by molar-refractivity contribution is 0.101. The molecule has 1 aromatic carbocycles. The maximum Gasteiger partial charge on any atom is 0.318 e. The standard InChI is InChI=1S/C18H27N5O2/c1-2-13-24-14-12-22-8-10-23(11-9-22)18-21-20-17(25-18)16(19)15-6-4-3-5-7-15/h3-7,16H,2,8-14,19H2,1H3/t16-/m1/s1. The Morgan fingerprint density at radius 1 is 1.12 bits per heavy atom. The minimum Gasteiger partial charge on any atom is -0.406 e. The molecule has 1 aliphatic heterocycles. The van der Waals surface area contributed by atoms with Crippen molar-refractivity contribution in [3.8, 4) is 0 Å². The van der Waals surface area contributed by atoms with Gasteiger partial charge in [0.25, 0.3) is 0 Å². The first-order chi connectivity index (χ1) is 12.3. The molecule has 1 saturated heterocycles. The Kier molecular flexibility index (Phi) is 6.38. The lowest BCUT2D eigenvalue weighted by Crippen LogP contribution is -2.47. The number of benzene rings is 1. The number of piperazine rings is 1. The van der Waals surface area contributed by atoms with Crippen molar-refractivity contribution in [1.82, 2.24) is 15.1 Å². The van der Waals surface area contributed by atoms with Gasteiger partial charge in [0.05, 0.1) is 6.61 Å². The number of hydrogen-bond acceptors (Lipinski definition) is 7. The Hall–Kier alpha value is -1.96. The molecule has 0 saturated carbocycles. The van der Waals surface area contributed by atoms with Crippen molar-refractivity contribution in [2.45, 2.75) is 19.4 Å². The molecule has 3 rings (SSSR count). The molecular formula is C18H27N5O2. The number of ether oxygens (including phenoxy) is 1. The summed E-state index contributed by atoms with van der Waals surface area (Å²) in [7, 11) is 0. The Bertz CT molecular complexity index is 625. The number of nitrogens with zero attached hydrogens (tertiary/aromatic N) is 4. The van der Waals surface area contributed by atoms with Crippen LogP contribution in [0.15, 0.2) is 34.7 Å². The zero-order chi connectivity index (χ0) is 17.5. The zero-order valence-electron chi connectivity index (χ0n) is 14.8. The fraction of sp³-hybridized carbons (Fsp3) is 0.556. The molecule has 1 aromatic heterocycles. The second kappa shape index (κ2) is 8.94. The van der Waals surface area contributed by atoms with Crippen LogP contribution in [0.1, 0.15) is 30.8 Å². The van der Waals surface area contributed by atoms with Gasteiger partial charge >= 0.3 is 6.01 Å². The third-order valence-electron chi connectivity index (χ3n) is 4.40. The Morgan fingerprint density at radius 2 is 1.88 bits per heavy atom. The van der Waals surface area contributed by atoms with Crippen molar-refractivity contribution in [2.75, 3.05) is 50.8 Å². The van der Waals surface area contributed by atoms with E-state index < -0.39 is 0 Å². The van der Waals surface area contributed by atoms with E-state index >= 15 is 0 Å². The topological polar surface area (TPSA) is 80.7 Å². The summed E-state index contributed by atoms with van der Waals surface area (Å²) in [5.41, 5.74) is 7.19. The summed E-state index contributed by atoms with van der Waals surface area (Å²) in [6.45, 7) is 8.42.